The standard InChI is InChI=1S/C27H32N4O4S/c1-7-31-22-13-12-20(16(2)24(22)29-30-31)23(27(4,5)26(32)33)25-28-21(17(3)36-25)15-35-14-18-8-10-19(34-6)11-9-18/h8-13,23H,7,14-15H2,1-6H3,(H,32,33)/t23-/m0/s1. The summed E-state index contributed by atoms with van der Waals surface area (Å²) in [6.45, 7) is 11.0. The van der Waals surface area contributed by atoms with Gasteiger partial charge in [-0.1, -0.05) is 23.4 Å². The molecule has 190 valence electrons. The molecular formula is C27H32N4O4S. The molecule has 0 unspecified atom stereocenters. The average Bonchev–Trinajstić information content (AvgIpc) is 3.44. The first-order chi connectivity index (χ1) is 17.2. The van der Waals surface area contributed by atoms with Crippen molar-refractivity contribution in [1.82, 2.24) is 20.0 Å². The van der Waals surface area contributed by atoms with Crippen LogP contribution in [0.1, 0.15) is 59.0 Å². The monoisotopic (exact) mass is 508 g/mol. The molecule has 1 atom stereocenters. The number of aliphatic carboxylic acids is 1. The summed E-state index contributed by atoms with van der Waals surface area (Å²) in [6, 6.07) is 11.7. The van der Waals surface area contributed by atoms with E-state index in [0.717, 1.165) is 49.1 Å². The lowest BCUT2D eigenvalue weighted by molar-refractivity contribution is -0.147. The number of ether oxygens (including phenoxy) is 2. The second kappa shape index (κ2) is 10.4. The van der Waals surface area contributed by atoms with Gasteiger partial charge in [-0.2, -0.15) is 0 Å². The quantitative estimate of drug-likeness (QED) is 0.302. The van der Waals surface area contributed by atoms with E-state index in [1.54, 1.807) is 21.0 Å². The highest BCUT2D eigenvalue weighted by atomic mass is 32.1. The largest absolute Gasteiger partial charge is 0.497 e. The number of fused-ring (bicyclic) bond motifs is 1. The van der Waals surface area contributed by atoms with Crippen molar-refractivity contribution in [3.8, 4) is 5.75 Å². The third kappa shape index (κ3) is 4.85. The average molecular weight is 509 g/mol. The van der Waals surface area contributed by atoms with Crippen LogP contribution in [0.4, 0.5) is 0 Å². The summed E-state index contributed by atoms with van der Waals surface area (Å²) >= 11 is 1.52. The van der Waals surface area contributed by atoms with E-state index in [4.69, 9.17) is 14.5 Å². The van der Waals surface area contributed by atoms with E-state index < -0.39 is 17.3 Å². The molecule has 0 saturated heterocycles. The zero-order valence-electron chi connectivity index (χ0n) is 21.5. The highest BCUT2D eigenvalue weighted by Gasteiger charge is 2.42. The maximum absolute atomic E-state index is 12.4. The zero-order valence-corrected chi connectivity index (χ0v) is 22.3. The number of hydrogen-bond acceptors (Lipinski definition) is 7. The van der Waals surface area contributed by atoms with Gasteiger partial charge in [0.25, 0.3) is 0 Å². The first-order valence-electron chi connectivity index (χ1n) is 11.9. The van der Waals surface area contributed by atoms with Gasteiger partial charge in [0.1, 0.15) is 16.3 Å². The molecule has 36 heavy (non-hydrogen) atoms. The summed E-state index contributed by atoms with van der Waals surface area (Å²) in [5, 5.41) is 19.6. The maximum atomic E-state index is 12.4. The lowest BCUT2D eigenvalue weighted by atomic mass is 9.74. The lowest BCUT2D eigenvalue weighted by Crippen LogP contribution is -2.32. The first-order valence-corrected chi connectivity index (χ1v) is 12.7. The Labute approximate surface area is 214 Å². The highest BCUT2D eigenvalue weighted by Crippen LogP contribution is 2.45. The molecule has 9 heteroatoms. The Morgan fingerprint density at radius 3 is 2.50 bits per heavy atom. The number of nitrogens with zero attached hydrogens (tertiary/aromatic N) is 4. The van der Waals surface area contributed by atoms with Gasteiger partial charge >= 0.3 is 5.97 Å². The lowest BCUT2D eigenvalue weighted by Gasteiger charge is -2.30. The van der Waals surface area contributed by atoms with E-state index in [0.29, 0.717) is 19.8 Å². The number of benzene rings is 2. The van der Waals surface area contributed by atoms with Crippen molar-refractivity contribution < 1.29 is 19.4 Å². The van der Waals surface area contributed by atoms with Gasteiger partial charge < -0.3 is 14.6 Å². The number of carboxylic acids is 1. The molecule has 4 aromatic rings. The molecule has 0 saturated carbocycles. The van der Waals surface area contributed by atoms with Crippen molar-refractivity contribution in [3.05, 3.63) is 68.7 Å². The second-order valence-corrected chi connectivity index (χ2v) is 10.6. The summed E-state index contributed by atoms with van der Waals surface area (Å²) in [7, 11) is 1.64. The number of carbonyl (C=O) groups is 1. The Hall–Kier alpha value is -3.30. The molecule has 2 aromatic carbocycles. The van der Waals surface area contributed by atoms with Crippen LogP contribution in [0.15, 0.2) is 36.4 Å². The van der Waals surface area contributed by atoms with Gasteiger partial charge in [-0.3, -0.25) is 4.79 Å². The molecule has 4 rings (SSSR count). The predicted molar refractivity (Wildman–Crippen MR) is 140 cm³/mol. The van der Waals surface area contributed by atoms with Crippen molar-refractivity contribution in [2.24, 2.45) is 5.41 Å². The van der Waals surface area contributed by atoms with Crippen LogP contribution in [0, 0.1) is 19.3 Å². The van der Waals surface area contributed by atoms with Crippen molar-refractivity contribution in [3.63, 3.8) is 0 Å². The third-order valence-corrected chi connectivity index (χ3v) is 7.77. The predicted octanol–water partition coefficient (Wildman–Crippen LogP) is 5.49. The normalized spacial score (nSPS) is 12.7. The van der Waals surface area contributed by atoms with Crippen molar-refractivity contribution in [2.45, 2.75) is 60.3 Å². The van der Waals surface area contributed by atoms with Gasteiger partial charge in [0.05, 0.1) is 42.9 Å². The van der Waals surface area contributed by atoms with Gasteiger partial charge in [-0.25, -0.2) is 9.67 Å². The van der Waals surface area contributed by atoms with Crippen LogP contribution < -0.4 is 4.74 Å². The summed E-state index contributed by atoms with van der Waals surface area (Å²) in [6.07, 6.45) is 0. The molecule has 0 fully saturated rings. The van der Waals surface area contributed by atoms with Gasteiger partial charge in [0.15, 0.2) is 0 Å². The van der Waals surface area contributed by atoms with E-state index >= 15 is 0 Å². The molecule has 0 spiro atoms. The van der Waals surface area contributed by atoms with Gasteiger partial charge in [0.2, 0.25) is 0 Å². The number of hydrogen-bond donors (Lipinski definition) is 1. The molecule has 2 heterocycles. The Kier molecular flexibility index (Phi) is 7.42. The molecule has 2 aromatic heterocycles. The molecule has 0 aliphatic heterocycles. The van der Waals surface area contributed by atoms with Crippen molar-refractivity contribution in [2.75, 3.05) is 7.11 Å². The molecule has 0 radical (unpaired) electrons. The first kappa shape index (κ1) is 25.8. The number of thiazole rings is 1. The number of carboxylic acid groups (broad SMARTS) is 1. The molecule has 8 nitrogen and oxygen atoms in total. The fourth-order valence-corrected chi connectivity index (χ4v) is 5.61. The Morgan fingerprint density at radius 1 is 1.14 bits per heavy atom. The topological polar surface area (TPSA) is 99.4 Å². The van der Waals surface area contributed by atoms with Crippen LogP contribution in [0.3, 0.4) is 0 Å². The third-order valence-electron chi connectivity index (χ3n) is 6.69. The minimum absolute atomic E-state index is 0.345. The Morgan fingerprint density at radius 2 is 1.86 bits per heavy atom. The number of aryl methyl sites for hydroxylation is 3. The van der Waals surface area contributed by atoms with E-state index in [-0.39, 0.29) is 0 Å². The van der Waals surface area contributed by atoms with Crippen molar-refractivity contribution >= 4 is 28.3 Å². The summed E-state index contributed by atoms with van der Waals surface area (Å²) in [5.74, 6) is -0.531. The molecule has 0 aliphatic carbocycles. The minimum atomic E-state index is -1.09. The fourth-order valence-electron chi connectivity index (χ4n) is 4.38. The minimum Gasteiger partial charge on any atom is -0.497 e. The van der Waals surface area contributed by atoms with Crippen LogP contribution in [-0.4, -0.2) is 38.2 Å². The summed E-state index contributed by atoms with van der Waals surface area (Å²) < 4.78 is 13.0. The number of aromatic nitrogens is 4. The second-order valence-electron chi connectivity index (χ2n) is 9.41. The van der Waals surface area contributed by atoms with E-state index in [1.165, 1.54) is 11.3 Å². The molecule has 1 N–H and O–H groups in total. The number of rotatable bonds is 10. The summed E-state index contributed by atoms with van der Waals surface area (Å²) in [5.41, 5.74) is 4.33. The molecule has 0 bridgehead atoms. The maximum Gasteiger partial charge on any atom is 0.310 e. The van der Waals surface area contributed by atoms with Crippen LogP contribution in [0.5, 0.6) is 5.75 Å². The molecular weight excluding hydrogens is 476 g/mol. The van der Waals surface area contributed by atoms with E-state index in [2.05, 4.69) is 10.3 Å². The zero-order chi connectivity index (χ0) is 26.0. The fraction of sp³-hybridized carbons (Fsp3) is 0.407. The molecule has 0 aliphatic rings. The van der Waals surface area contributed by atoms with Gasteiger partial charge in [-0.05, 0) is 69.5 Å². The number of methoxy groups -OCH3 is 1. The Balaban J connectivity index is 1.65. The Bertz CT molecular complexity index is 1370. The van der Waals surface area contributed by atoms with Crippen molar-refractivity contribution in [1.29, 1.82) is 0 Å². The summed E-state index contributed by atoms with van der Waals surface area (Å²) in [4.78, 5) is 18.3. The molecule has 0 amide bonds. The smallest absolute Gasteiger partial charge is 0.310 e. The van der Waals surface area contributed by atoms with Crippen LogP contribution in [0.25, 0.3) is 11.0 Å². The SMILES string of the molecule is CCn1nnc2c(C)c([C@@H](c3nc(COCc4ccc(OC)cc4)c(C)s3)C(C)(C)C(=O)O)ccc21. The van der Waals surface area contributed by atoms with Gasteiger partial charge in [-0.15, -0.1) is 16.4 Å². The van der Waals surface area contributed by atoms with Crippen LogP contribution in [0.2, 0.25) is 0 Å². The van der Waals surface area contributed by atoms with Crippen LogP contribution >= 0.6 is 11.3 Å². The van der Waals surface area contributed by atoms with E-state index in [9.17, 15) is 9.90 Å². The van der Waals surface area contributed by atoms with Crippen LogP contribution in [-0.2, 0) is 29.3 Å². The van der Waals surface area contributed by atoms with Gasteiger partial charge in [0, 0.05) is 11.4 Å². The van der Waals surface area contributed by atoms with E-state index in [1.807, 2.05) is 61.9 Å². The highest BCUT2D eigenvalue weighted by molar-refractivity contribution is 7.11.